The predicted octanol–water partition coefficient (Wildman–Crippen LogP) is 1.06. The number of carbonyl (C=O) groups is 9. The van der Waals surface area contributed by atoms with Crippen molar-refractivity contribution in [2.45, 2.75) is 158 Å². The first-order valence-corrected chi connectivity index (χ1v) is 28.3. The highest BCUT2D eigenvalue weighted by molar-refractivity contribution is 7.81. The number of carbonyl (C=O) groups excluding carboxylic acids is 9. The van der Waals surface area contributed by atoms with Crippen LogP contribution in [0.4, 0.5) is 0 Å². The minimum Gasteiger partial charge on any atom is -0.508 e. The number of nitrogens with two attached hydrogens (primary N) is 2. The molecule has 0 radical (unpaired) electrons. The number of hydrogen-bond donors (Lipinski definition) is 15. The molecule has 0 saturated carbocycles. The Morgan fingerprint density at radius 1 is 0.667 bits per heavy atom. The number of ketones is 1. The molecule has 8 amide bonds. The summed E-state index contributed by atoms with van der Waals surface area (Å²) in [7, 11) is 0. The number of thiol groups is 2. The van der Waals surface area contributed by atoms with Crippen molar-refractivity contribution < 1.29 is 53.4 Å². The largest absolute Gasteiger partial charge is 0.508 e. The Balaban J connectivity index is 1.68. The van der Waals surface area contributed by atoms with E-state index in [1.54, 1.807) is 38.2 Å². The van der Waals surface area contributed by atoms with Gasteiger partial charge in [-0.15, -0.1) is 0 Å². The number of Topliss-reactive ketones (excluding diaryl/α,β-unsaturated/α-hetero) is 1. The fourth-order valence-corrected chi connectivity index (χ4v) is 9.46. The lowest BCUT2D eigenvalue weighted by Crippen LogP contribution is -2.67. The third kappa shape index (κ3) is 19.9. The van der Waals surface area contributed by atoms with Gasteiger partial charge in [0.25, 0.3) is 0 Å². The Kier molecular flexibility index (Phi) is 26.2. The quantitative estimate of drug-likeness (QED) is 0.0292. The van der Waals surface area contributed by atoms with E-state index in [1.807, 2.05) is 55.5 Å². The van der Waals surface area contributed by atoms with Gasteiger partial charge in [0.15, 0.2) is 0 Å². The smallest absolute Gasteiger partial charge is 0.246 e. The van der Waals surface area contributed by atoms with Gasteiger partial charge in [0.05, 0.1) is 18.7 Å². The number of H-pyrrole nitrogens is 1. The number of hydrogen-bond acceptors (Lipinski definition) is 15. The number of amides is 8. The number of aromatic nitrogens is 1. The van der Waals surface area contributed by atoms with Gasteiger partial charge >= 0.3 is 0 Å². The molecule has 0 aliphatic rings. The molecule has 24 heteroatoms. The summed E-state index contributed by atoms with van der Waals surface area (Å²) in [5.74, 6) is -6.92. The predicted molar refractivity (Wildman–Crippen MR) is 315 cm³/mol. The Hall–Kier alpha value is -6.99. The van der Waals surface area contributed by atoms with Crippen LogP contribution in [-0.4, -0.2) is 146 Å². The molecule has 0 saturated heterocycles. The van der Waals surface area contributed by atoms with E-state index in [1.165, 1.54) is 32.9 Å². The number of aromatic amines is 1. The molecule has 1 unspecified atom stereocenters. The number of phenolic OH excluding ortho intramolecular Hbond substituents is 1. The standard InChI is InChI=1S/C57H81N11O11S2/c1-7-16-38(71)31-61-42(27-34-17-11-10-12-18-34)49(73)65-45(32-80)52(76)63-43(28-35-22-24-37(70)25-23-35)50(74)64-44(29-36-30-60-40-20-14-13-19-39(36)40)51(75)62-41(21-15-26-58)53(77)68-57(8-2,9-3)55(79)67-47(56(5,6)81)54(78)66-46(33(4)69)48(59)72/h10-14,17-20,22-25,30,33,41-47,60-61,69-70,80-81H,7-9,15-16,21,26-29,31-32,58H2,1-6H3,(H2,59,72)(H,62,75)(H,63,76)(H,64,74)(H,65,73)(H,66,78)(H,67,79)(H,68,77)/t33-,41+,42-,43+,44-,45+,46+,47?/m1/s1. The summed E-state index contributed by atoms with van der Waals surface area (Å²) in [6.45, 7) is 9.50. The zero-order valence-corrected chi connectivity index (χ0v) is 48.6. The summed E-state index contributed by atoms with van der Waals surface area (Å²) in [5, 5.41) is 42.9. The van der Waals surface area contributed by atoms with Crippen molar-refractivity contribution in [2.24, 2.45) is 11.5 Å². The molecule has 3 aromatic carbocycles. The third-order valence-corrected chi connectivity index (χ3v) is 14.5. The van der Waals surface area contributed by atoms with Crippen LogP contribution >= 0.6 is 25.3 Å². The maximum Gasteiger partial charge on any atom is 0.246 e. The van der Waals surface area contributed by atoms with Crippen LogP contribution in [0.25, 0.3) is 10.9 Å². The maximum atomic E-state index is 14.9. The molecule has 0 aliphatic heterocycles. The van der Waals surface area contributed by atoms with Gasteiger partial charge in [0, 0.05) is 46.9 Å². The first-order valence-electron chi connectivity index (χ1n) is 27.2. The van der Waals surface area contributed by atoms with Gasteiger partial charge in [-0.2, -0.15) is 25.3 Å². The molecule has 1 aromatic heterocycles. The van der Waals surface area contributed by atoms with Crippen molar-refractivity contribution in [2.75, 3.05) is 18.8 Å². The molecule has 8 atom stereocenters. The first kappa shape index (κ1) is 66.5. The molecule has 22 nitrogen and oxygen atoms in total. The molecule has 0 spiro atoms. The van der Waals surface area contributed by atoms with Crippen LogP contribution in [-0.2, 0) is 62.4 Å². The topological polar surface area (TPSA) is 358 Å². The number of aliphatic hydroxyl groups excluding tert-OH is 1. The number of fused-ring (bicyclic) bond motifs is 1. The van der Waals surface area contributed by atoms with Crippen LogP contribution in [0, 0.1) is 0 Å². The lowest BCUT2D eigenvalue weighted by atomic mass is 9.89. The van der Waals surface area contributed by atoms with Crippen molar-refractivity contribution in [3.63, 3.8) is 0 Å². The van der Waals surface area contributed by atoms with Crippen LogP contribution < -0.4 is 54.0 Å². The monoisotopic (exact) mass is 1160 g/mol. The minimum atomic E-state index is -1.69. The molecule has 0 bridgehead atoms. The average molecular weight is 1160 g/mol. The molecular formula is C57H81N11O11S2. The molecular weight excluding hydrogens is 1080 g/mol. The number of benzene rings is 3. The summed E-state index contributed by atoms with van der Waals surface area (Å²) in [5.41, 5.74) is 12.3. The Morgan fingerprint density at radius 3 is 1.78 bits per heavy atom. The lowest BCUT2D eigenvalue weighted by Gasteiger charge is -2.37. The summed E-state index contributed by atoms with van der Waals surface area (Å²) in [6, 6.07) is 12.9. The van der Waals surface area contributed by atoms with Crippen LogP contribution in [0.1, 0.15) is 96.8 Å². The average Bonchev–Trinajstić information content (AvgIpc) is 3.87. The van der Waals surface area contributed by atoms with E-state index in [0.717, 1.165) is 16.5 Å². The molecule has 442 valence electrons. The number of phenols is 1. The third-order valence-electron chi connectivity index (χ3n) is 13.9. The van der Waals surface area contributed by atoms with Gasteiger partial charge in [-0.25, -0.2) is 0 Å². The number of nitrogens with one attached hydrogen (secondary N) is 9. The molecule has 15 N–H and O–H groups in total. The zero-order valence-electron chi connectivity index (χ0n) is 46.8. The van der Waals surface area contributed by atoms with E-state index in [4.69, 9.17) is 11.5 Å². The van der Waals surface area contributed by atoms with Gasteiger partial charge in [0.2, 0.25) is 47.3 Å². The van der Waals surface area contributed by atoms with E-state index >= 15 is 0 Å². The van der Waals surface area contributed by atoms with Gasteiger partial charge in [-0.1, -0.05) is 81.4 Å². The van der Waals surface area contributed by atoms with E-state index in [2.05, 4.69) is 72.8 Å². The molecule has 4 rings (SSSR count). The van der Waals surface area contributed by atoms with Gasteiger partial charge in [0.1, 0.15) is 53.3 Å². The van der Waals surface area contributed by atoms with Crippen molar-refractivity contribution in [1.29, 1.82) is 0 Å². The van der Waals surface area contributed by atoms with Crippen LogP contribution in [0.15, 0.2) is 85.1 Å². The Morgan fingerprint density at radius 2 is 1.21 bits per heavy atom. The van der Waals surface area contributed by atoms with Gasteiger partial charge < -0.3 is 63.9 Å². The minimum absolute atomic E-state index is 0.00604. The number of aromatic hydroxyl groups is 1. The summed E-state index contributed by atoms with van der Waals surface area (Å²) < 4.78 is -1.27. The molecule has 0 fully saturated rings. The number of aliphatic hydroxyl groups is 1. The normalized spacial score (nSPS) is 14.6. The second-order valence-corrected chi connectivity index (χ2v) is 22.2. The van der Waals surface area contributed by atoms with Gasteiger partial charge in [-0.05, 0) is 101 Å². The fourth-order valence-electron chi connectivity index (χ4n) is 9.02. The Bertz CT molecular complexity index is 2770. The molecule has 1 heterocycles. The molecule has 81 heavy (non-hydrogen) atoms. The summed E-state index contributed by atoms with van der Waals surface area (Å²) in [4.78, 5) is 128. The van der Waals surface area contributed by atoms with Crippen molar-refractivity contribution >= 4 is 89.2 Å². The second-order valence-electron chi connectivity index (χ2n) is 20.7. The fraction of sp³-hybridized carbons (Fsp3) is 0.491. The van der Waals surface area contributed by atoms with Crippen molar-refractivity contribution in [3.05, 3.63) is 102 Å². The Labute approximate surface area is 483 Å². The van der Waals surface area contributed by atoms with E-state index in [0.29, 0.717) is 24.0 Å². The van der Waals surface area contributed by atoms with Crippen LogP contribution in [0.3, 0.4) is 0 Å². The lowest BCUT2D eigenvalue weighted by molar-refractivity contribution is -0.139. The van der Waals surface area contributed by atoms with Crippen molar-refractivity contribution in [3.8, 4) is 5.75 Å². The maximum absolute atomic E-state index is 14.9. The highest BCUT2D eigenvalue weighted by Gasteiger charge is 2.44. The molecule has 0 aliphatic carbocycles. The number of rotatable bonds is 34. The highest BCUT2D eigenvalue weighted by Crippen LogP contribution is 2.24. The van der Waals surface area contributed by atoms with Crippen molar-refractivity contribution in [1.82, 2.24) is 47.5 Å². The zero-order chi connectivity index (χ0) is 60.0. The van der Waals surface area contributed by atoms with Crippen LogP contribution in [0.2, 0.25) is 0 Å². The van der Waals surface area contributed by atoms with E-state index < -0.39 is 106 Å². The number of para-hydroxylation sites is 1. The second kappa shape index (κ2) is 31.9. The van der Waals surface area contributed by atoms with Crippen LogP contribution in [0.5, 0.6) is 5.75 Å². The first-order chi connectivity index (χ1) is 38.4. The molecule has 4 aromatic rings. The highest BCUT2D eigenvalue weighted by atomic mass is 32.1. The summed E-state index contributed by atoms with van der Waals surface area (Å²) >= 11 is 8.94. The van der Waals surface area contributed by atoms with Gasteiger partial charge in [-0.3, -0.25) is 48.5 Å². The summed E-state index contributed by atoms with van der Waals surface area (Å²) in [6.07, 6.45) is 1.30. The van der Waals surface area contributed by atoms with E-state index in [-0.39, 0.29) is 75.3 Å². The number of primary amides is 1. The SMILES string of the molecule is CCCC(=O)CN[C@H](Cc1ccccc1)C(=O)N[C@@H](CS)C(=O)N[C@@H](Cc1ccc(O)cc1)C(=O)N[C@H](Cc1c[nH]c2ccccc12)C(=O)N[C@@H](CCCN)C(=O)NC(CC)(CC)C(=O)NC(C(=O)N[C@H](C(N)=O)[C@@H](C)O)C(C)(C)S. The van der Waals surface area contributed by atoms with E-state index in [9.17, 15) is 53.4 Å².